The van der Waals surface area contributed by atoms with Crippen molar-refractivity contribution < 1.29 is 9.59 Å². The van der Waals surface area contributed by atoms with Gasteiger partial charge in [0.1, 0.15) is 0 Å². The van der Waals surface area contributed by atoms with Gasteiger partial charge < -0.3 is 10.6 Å². The van der Waals surface area contributed by atoms with Gasteiger partial charge in [-0.1, -0.05) is 35.9 Å². The fourth-order valence-corrected chi connectivity index (χ4v) is 3.59. The number of anilines is 1. The minimum Gasteiger partial charge on any atom is -0.355 e. The summed E-state index contributed by atoms with van der Waals surface area (Å²) >= 11 is 6.13. The molecule has 29 heavy (non-hydrogen) atoms. The lowest BCUT2D eigenvalue weighted by molar-refractivity contribution is -0.120. The highest BCUT2D eigenvalue weighted by molar-refractivity contribution is 6.33. The molecule has 2 aromatic carbocycles. The second-order valence-electron chi connectivity index (χ2n) is 7.13. The highest BCUT2D eigenvalue weighted by Gasteiger charge is 2.13. The number of nitrogens with zero attached hydrogens (tertiary/aromatic N) is 1. The van der Waals surface area contributed by atoms with E-state index in [1.807, 2.05) is 51.1 Å². The summed E-state index contributed by atoms with van der Waals surface area (Å²) in [5, 5.41) is 7.13. The van der Waals surface area contributed by atoms with Crippen LogP contribution in [0.5, 0.6) is 0 Å². The molecule has 0 spiro atoms. The topological polar surface area (TPSA) is 71.1 Å². The number of fused-ring (bicyclic) bond motifs is 1. The van der Waals surface area contributed by atoms with Gasteiger partial charge in [-0.25, -0.2) is 0 Å². The van der Waals surface area contributed by atoms with E-state index < -0.39 is 0 Å². The summed E-state index contributed by atoms with van der Waals surface area (Å²) < 4.78 is 0. The molecule has 2 amide bonds. The summed E-state index contributed by atoms with van der Waals surface area (Å²) in [5.74, 6) is -0.328. The highest BCUT2D eigenvalue weighted by atomic mass is 35.5. The predicted molar refractivity (Wildman–Crippen MR) is 117 cm³/mol. The second-order valence-corrected chi connectivity index (χ2v) is 7.53. The van der Waals surface area contributed by atoms with Crippen LogP contribution in [0.15, 0.2) is 42.5 Å². The van der Waals surface area contributed by atoms with Gasteiger partial charge in [-0.15, -0.1) is 0 Å². The van der Waals surface area contributed by atoms with Gasteiger partial charge >= 0.3 is 0 Å². The van der Waals surface area contributed by atoms with Crippen molar-refractivity contribution >= 4 is 40.0 Å². The Balaban J connectivity index is 1.55. The van der Waals surface area contributed by atoms with E-state index in [1.54, 1.807) is 12.1 Å². The molecule has 0 aliphatic rings. The molecule has 150 valence electrons. The van der Waals surface area contributed by atoms with Crippen molar-refractivity contribution in [3.05, 3.63) is 69.9 Å². The Morgan fingerprint density at radius 2 is 1.79 bits per heavy atom. The molecule has 0 radical (unpaired) electrons. The van der Waals surface area contributed by atoms with Gasteiger partial charge in [0.25, 0.3) is 0 Å². The number of rotatable bonds is 6. The first kappa shape index (κ1) is 20.8. The van der Waals surface area contributed by atoms with Crippen LogP contribution in [0.1, 0.15) is 28.8 Å². The van der Waals surface area contributed by atoms with Crippen LogP contribution in [0.2, 0.25) is 5.02 Å². The van der Waals surface area contributed by atoms with E-state index in [-0.39, 0.29) is 31.2 Å². The maximum absolute atomic E-state index is 12.4. The zero-order valence-corrected chi connectivity index (χ0v) is 17.6. The van der Waals surface area contributed by atoms with E-state index in [1.165, 1.54) is 0 Å². The SMILES string of the molecule is Cc1ccc(NC(=O)CCNC(=O)Cc2c(C)nc3ccccc3c2C)c(Cl)c1. The number of aromatic nitrogens is 1. The second kappa shape index (κ2) is 9.05. The van der Waals surface area contributed by atoms with Crippen LogP contribution in [-0.4, -0.2) is 23.3 Å². The van der Waals surface area contributed by atoms with Crippen molar-refractivity contribution in [2.45, 2.75) is 33.6 Å². The van der Waals surface area contributed by atoms with E-state index >= 15 is 0 Å². The highest BCUT2D eigenvalue weighted by Crippen LogP contribution is 2.23. The summed E-state index contributed by atoms with van der Waals surface area (Å²) in [4.78, 5) is 29.1. The van der Waals surface area contributed by atoms with Crippen molar-refractivity contribution in [1.29, 1.82) is 0 Å². The van der Waals surface area contributed by atoms with Gasteiger partial charge in [0.2, 0.25) is 11.8 Å². The number of benzene rings is 2. The zero-order chi connectivity index (χ0) is 21.0. The number of hydrogen-bond acceptors (Lipinski definition) is 3. The number of carbonyl (C=O) groups is 2. The molecule has 0 aliphatic heterocycles. The van der Waals surface area contributed by atoms with Crippen LogP contribution < -0.4 is 10.6 Å². The lowest BCUT2D eigenvalue weighted by atomic mass is 9.99. The van der Waals surface area contributed by atoms with E-state index in [2.05, 4.69) is 15.6 Å². The molecular weight excluding hydrogens is 386 g/mol. The standard InChI is InChI=1S/C23H24ClN3O2/c1-14-8-9-21(19(24)12-14)27-22(28)10-11-25-23(29)13-18-15(2)17-6-4-5-7-20(17)26-16(18)3/h4-9,12H,10-11,13H2,1-3H3,(H,25,29)(H,27,28). The van der Waals surface area contributed by atoms with Gasteiger partial charge in [0, 0.05) is 24.0 Å². The Labute approximate surface area is 175 Å². The molecule has 3 aromatic rings. The third-order valence-corrected chi connectivity index (χ3v) is 5.21. The van der Waals surface area contributed by atoms with Gasteiger partial charge in [0.05, 0.1) is 22.6 Å². The molecule has 2 N–H and O–H groups in total. The Hall–Kier alpha value is -2.92. The van der Waals surface area contributed by atoms with Crippen LogP contribution in [0.25, 0.3) is 10.9 Å². The van der Waals surface area contributed by atoms with Gasteiger partial charge in [-0.05, 0) is 55.7 Å². The van der Waals surface area contributed by atoms with Crippen molar-refractivity contribution in [3.63, 3.8) is 0 Å². The fourth-order valence-electron chi connectivity index (χ4n) is 3.30. The Morgan fingerprint density at radius 1 is 1.03 bits per heavy atom. The Kier molecular flexibility index (Phi) is 6.49. The summed E-state index contributed by atoms with van der Waals surface area (Å²) in [7, 11) is 0. The normalized spacial score (nSPS) is 10.8. The lowest BCUT2D eigenvalue weighted by Gasteiger charge is -2.13. The molecule has 3 rings (SSSR count). The molecule has 0 saturated carbocycles. The van der Waals surface area contributed by atoms with Gasteiger partial charge in [-0.2, -0.15) is 0 Å². The van der Waals surface area contributed by atoms with Crippen LogP contribution in [0.3, 0.4) is 0 Å². The number of pyridine rings is 1. The molecule has 6 heteroatoms. The van der Waals surface area contributed by atoms with Crippen LogP contribution in [-0.2, 0) is 16.0 Å². The molecule has 0 bridgehead atoms. The quantitative estimate of drug-likeness (QED) is 0.629. The van der Waals surface area contributed by atoms with E-state index in [4.69, 9.17) is 11.6 Å². The van der Waals surface area contributed by atoms with Crippen LogP contribution in [0, 0.1) is 20.8 Å². The van der Waals surface area contributed by atoms with Crippen molar-refractivity contribution in [1.82, 2.24) is 10.3 Å². The first-order valence-electron chi connectivity index (χ1n) is 9.52. The molecule has 5 nitrogen and oxygen atoms in total. The van der Waals surface area contributed by atoms with Crippen LogP contribution >= 0.6 is 11.6 Å². The summed E-state index contributed by atoms with van der Waals surface area (Å²) in [6, 6.07) is 13.3. The van der Waals surface area contributed by atoms with Crippen LogP contribution in [0.4, 0.5) is 5.69 Å². The number of hydrogen-bond donors (Lipinski definition) is 2. The van der Waals surface area contributed by atoms with Crippen molar-refractivity contribution in [2.75, 3.05) is 11.9 Å². The number of para-hydroxylation sites is 1. The molecule has 0 fully saturated rings. The average molecular weight is 410 g/mol. The summed E-state index contributed by atoms with van der Waals surface area (Å²) in [6.45, 7) is 6.12. The Morgan fingerprint density at radius 3 is 2.55 bits per heavy atom. The number of carbonyl (C=O) groups excluding carboxylic acids is 2. The largest absolute Gasteiger partial charge is 0.355 e. The van der Waals surface area contributed by atoms with E-state index in [0.29, 0.717) is 10.7 Å². The summed E-state index contributed by atoms with van der Waals surface area (Å²) in [6.07, 6.45) is 0.408. The fraction of sp³-hybridized carbons (Fsp3) is 0.261. The van der Waals surface area contributed by atoms with E-state index in [0.717, 1.165) is 33.3 Å². The molecule has 0 unspecified atom stereocenters. The summed E-state index contributed by atoms with van der Waals surface area (Å²) in [5.41, 5.74) is 5.37. The minimum absolute atomic E-state index is 0.130. The maximum atomic E-state index is 12.4. The first-order valence-corrected chi connectivity index (χ1v) is 9.90. The van der Waals surface area contributed by atoms with Crippen molar-refractivity contribution in [2.24, 2.45) is 0 Å². The predicted octanol–water partition coefficient (Wildman–Crippen LogP) is 4.50. The molecule has 1 aromatic heterocycles. The third kappa shape index (κ3) is 5.12. The first-order chi connectivity index (χ1) is 13.8. The molecule has 0 aliphatic carbocycles. The molecule has 1 heterocycles. The van der Waals surface area contributed by atoms with Gasteiger partial charge in [0.15, 0.2) is 0 Å². The number of nitrogens with one attached hydrogen (secondary N) is 2. The third-order valence-electron chi connectivity index (χ3n) is 4.90. The minimum atomic E-state index is -0.198. The lowest BCUT2D eigenvalue weighted by Crippen LogP contribution is -2.29. The molecule has 0 saturated heterocycles. The zero-order valence-electron chi connectivity index (χ0n) is 16.8. The Bertz CT molecular complexity index is 1080. The number of aryl methyl sites for hydroxylation is 3. The average Bonchev–Trinajstić information content (AvgIpc) is 2.67. The molecular formula is C23H24ClN3O2. The van der Waals surface area contributed by atoms with E-state index in [9.17, 15) is 9.59 Å². The smallest absolute Gasteiger partial charge is 0.226 e. The van der Waals surface area contributed by atoms with Gasteiger partial charge in [-0.3, -0.25) is 14.6 Å². The maximum Gasteiger partial charge on any atom is 0.226 e. The molecule has 0 atom stereocenters. The number of halogens is 1. The number of amides is 2. The monoisotopic (exact) mass is 409 g/mol. The van der Waals surface area contributed by atoms with Crippen molar-refractivity contribution in [3.8, 4) is 0 Å².